The standard InChI is InChI=1S/C41H48N2O8.C4H4N4.H2S/c1-42-12-10-23-16-32(44-3)34(46-5)20-27(23)29(42)15-26-19-33(45-4)36(48-7)22-31(26)51-37-18-25-14-30-39-24(11-13-43(30)2)17-38(49-8)41(50-9)40(39)28(25)21-35(37)47-6;1-2-4-6-8-7-5-3-1;/h16-22,29-30H,10-15H2,1-9H3;1-4H;1H2/t29-,30-;;/m0../s1. The van der Waals surface area contributed by atoms with Gasteiger partial charge in [-0.05, 0) is 132 Å². The number of allylic oxidation sites excluding steroid dienone is 2. The fraction of sp³-hybridized carbons (Fsp3) is 0.378. The van der Waals surface area contributed by atoms with Gasteiger partial charge in [0.2, 0.25) is 0 Å². The zero-order valence-corrected chi connectivity index (χ0v) is 36.7. The molecule has 2 atom stereocenters. The van der Waals surface area contributed by atoms with Gasteiger partial charge in [0.1, 0.15) is 5.75 Å². The Bertz CT molecular complexity index is 2260. The van der Waals surface area contributed by atoms with Gasteiger partial charge in [-0.25, -0.2) is 0 Å². The van der Waals surface area contributed by atoms with Crippen molar-refractivity contribution >= 4 is 13.5 Å². The van der Waals surface area contributed by atoms with E-state index in [2.05, 4.69) is 74.9 Å². The molecule has 3 aliphatic heterocycles. The number of ether oxygens (including phenoxy) is 8. The summed E-state index contributed by atoms with van der Waals surface area (Å²) >= 11 is 0. The predicted molar refractivity (Wildman–Crippen MR) is 235 cm³/mol. The Morgan fingerprint density at radius 2 is 1.12 bits per heavy atom. The van der Waals surface area contributed by atoms with Crippen LogP contribution in [0.25, 0.3) is 11.1 Å². The largest absolute Gasteiger partial charge is 0.493 e. The number of hydrogen-bond donors (Lipinski definition) is 0. The van der Waals surface area contributed by atoms with Crippen LogP contribution in [0.15, 0.2) is 87.7 Å². The Labute approximate surface area is 358 Å². The van der Waals surface area contributed by atoms with Crippen LogP contribution in [0.5, 0.6) is 51.7 Å². The molecule has 0 bridgehead atoms. The molecule has 0 amide bonds. The topological polar surface area (TPSA) is 130 Å². The number of rotatable bonds is 11. The molecule has 0 fully saturated rings. The van der Waals surface area contributed by atoms with Crippen molar-refractivity contribution in [2.75, 3.05) is 77.0 Å². The first-order valence-corrected chi connectivity index (χ1v) is 19.5. The summed E-state index contributed by atoms with van der Waals surface area (Å²) in [6.45, 7) is 1.87. The molecule has 0 saturated heterocycles. The number of nitrogens with zero attached hydrogens (tertiary/aromatic N) is 6. The van der Waals surface area contributed by atoms with E-state index in [1.807, 2.05) is 12.1 Å². The van der Waals surface area contributed by atoms with E-state index in [1.165, 1.54) is 34.7 Å². The van der Waals surface area contributed by atoms with Crippen LogP contribution in [-0.4, -0.2) is 86.8 Å². The van der Waals surface area contributed by atoms with Crippen LogP contribution in [-0.2, 0) is 25.7 Å². The van der Waals surface area contributed by atoms with Crippen LogP contribution in [0.1, 0.15) is 45.5 Å². The van der Waals surface area contributed by atoms with Crippen molar-refractivity contribution in [1.29, 1.82) is 0 Å². The van der Waals surface area contributed by atoms with Crippen molar-refractivity contribution in [2.24, 2.45) is 20.7 Å². The molecule has 0 N–H and O–H groups in total. The Kier molecular flexibility index (Phi) is 14.3. The minimum Gasteiger partial charge on any atom is -0.493 e. The lowest BCUT2D eigenvalue weighted by Crippen LogP contribution is -2.35. The van der Waals surface area contributed by atoms with Gasteiger partial charge in [0.25, 0.3) is 0 Å². The van der Waals surface area contributed by atoms with Crippen molar-refractivity contribution in [1.82, 2.24) is 9.80 Å². The molecule has 4 aliphatic rings. The Morgan fingerprint density at radius 1 is 0.567 bits per heavy atom. The van der Waals surface area contributed by atoms with Gasteiger partial charge in [0.15, 0.2) is 46.0 Å². The summed E-state index contributed by atoms with van der Waals surface area (Å²) in [5, 5.41) is 13.5. The number of benzene rings is 4. The highest BCUT2D eigenvalue weighted by atomic mass is 32.1. The fourth-order valence-electron chi connectivity index (χ4n) is 8.48. The molecule has 14 nitrogen and oxygen atoms in total. The molecule has 4 aromatic carbocycles. The molecule has 8 rings (SSSR count). The van der Waals surface area contributed by atoms with E-state index in [4.69, 9.17) is 37.9 Å². The van der Waals surface area contributed by atoms with Gasteiger partial charge >= 0.3 is 0 Å². The minimum absolute atomic E-state index is 0. The molecule has 0 aromatic heterocycles. The number of hydrogen-bond acceptors (Lipinski definition) is 14. The van der Waals surface area contributed by atoms with E-state index < -0.39 is 0 Å². The van der Waals surface area contributed by atoms with E-state index in [0.717, 1.165) is 71.9 Å². The first kappa shape index (κ1) is 43.8. The maximum Gasteiger partial charge on any atom is 0.169 e. The fourth-order valence-corrected chi connectivity index (χ4v) is 8.48. The molecule has 0 spiro atoms. The van der Waals surface area contributed by atoms with Gasteiger partial charge in [-0.2, -0.15) is 13.5 Å². The van der Waals surface area contributed by atoms with Crippen molar-refractivity contribution in [3.05, 3.63) is 100 Å². The molecule has 60 heavy (non-hydrogen) atoms. The monoisotopic (exact) mass is 838 g/mol. The lowest BCUT2D eigenvalue weighted by Gasteiger charge is -2.40. The van der Waals surface area contributed by atoms with Crippen LogP contribution >= 0.6 is 13.5 Å². The van der Waals surface area contributed by atoms with E-state index in [9.17, 15) is 0 Å². The van der Waals surface area contributed by atoms with E-state index >= 15 is 0 Å². The second-order valence-electron chi connectivity index (χ2n) is 14.5. The molecule has 4 aromatic rings. The molecule has 1 aliphatic carbocycles. The molecule has 318 valence electrons. The molecule has 0 saturated carbocycles. The van der Waals surface area contributed by atoms with Gasteiger partial charge in [-0.1, -0.05) is 0 Å². The van der Waals surface area contributed by atoms with Crippen molar-refractivity contribution in [2.45, 2.75) is 37.8 Å². The maximum atomic E-state index is 6.92. The molecule has 15 heteroatoms. The summed E-state index contributed by atoms with van der Waals surface area (Å²) in [6, 6.07) is 14.7. The van der Waals surface area contributed by atoms with Crippen LogP contribution in [0.4, 0.5) is 0 Å². The van der Waals surface area contributed by atoms with Gasteiger partial charge in [-0.3, -0.25) is 9.80 Å². The number of fused-ring (bicyclic) bond motifs is 3. The van der Waals surface area contributed by atoms with E-state index in [0.29, 0.717) is 40.9 Å². The second kappa shape index (κ2) is 19.5. The molecular formula is C45H54N6O8S. The Morgan fingerprint density at radius 3 is 1.77 bits per heavy atom. The summed E-state index contributed by atoms with van der Waals surface area (Å²) in [4.78, 5) is 4.81. The van der Waals surface area contributed by atoms with Gasteiger partial charge < -0.3 is 37.9 Å². The molecule has 0 unspecified atom stereocenters. The molecule has 0 radical (unpaired) electrons. The first-order valence-electron chi connectivity index (χ1n) is 19.5. The Balaban J connectivity index is 0.000000602. The minimum atomic E-state index is 0. The van der Waals surface area contributed by atoms with E-state index in [-0.39, 0.29) is 25.6 Å². The van der Waals surface area contributed by atoms with Gasteiger partial charge in [0.05, 0.1) is 62.2 Å². The molecule has 3 heterocycles. The predicted octanol–water partition coefficient (Wildman–Crippen LogP) is 9.02. The third-order valence-corrected chi connectivity index (χ3v) is 11.5. The van der Waals surface area contributed by atoms with Crippen LogP contribution in [0.2, 0.25) is 0 Å². The summed E-state index contributed by atoms with van der Waals surface area (Å²) in [6.07, 6.45) is 9.87. The van der Waals surface area contributed by atoms with Gasteiger partial charge in [0, 0.05) is 42.4 Å². The first-order chi connectivity index (χ1) is 28.8. The SMILES string of the molecule is C1=CN=NN=NC=C1.COc1cc(C[C@H]2c3cc(OC)c(OC)cc3CCN2C)c(Oc2cc3c(cc2OC)-c2c(OC)c(OC)cc4c2[C@H](C3)N(C)CC4)cc1OC.S. The highest BCUT2D eigenvalue weighted by Crippen LogP contribution is 2.54. The number of methoxy groups -OCH3 is 7. The normalized spacial score (nSPS) is 17.3. The summed E-state index contributed by atoms with van der Waals surface area (Å²) < 4.78 is 47.8. The summed E-state index contributed by atoms with van der Waals surface area (Å²) in [5.41, 5.74) is 9.31. The van der Waals surface area contributed by atoms with Crippen molar-refractivity contribution in [3.63, 3.8) is 0 Å². The van der Waals surface area contributed by atoms with Crippen LogP contribution < -0.4 is 37.9 Å². The summed E-state index contributed by atoms with van der Waals surface area (Å²) in [7, 11) is 16.1. The lowest BCUT2D eigenvalue weighted by atomic mass is 9.76. The zero-order valence-electron chi connectivity index (χ0n) is 35.7. The smallest absolute Gasteiger partial charge is 0.169 e. The molecular weight excluding hydrogens is 785 g/mol. The lowest BCUT2D eigenvalue weighted by molar-refractivity contribution is 0.226. The third-order valence-electron chi connectivity index (χ3n) is 11.5. The van der Waals surface area contributed by atoms with Crippen LogP contribution in [0, 0.1) is 0 Å². The highest BCUT2D eigenvalue weighted by molar-refractivity contribution is 7.59. The average Bonchev–Trinajstić information content (AvgIpc) is 3.24. The second-order valence-corrected chi connectivity index (χ2v) is 14.5. The highest BCUT2D eigenvalue weighted by Gasteiger charge is 2.37. The third kappa shape index (κ3) is 8.60. The number of likely N-dealkylation sites (N-methyl/N-ethyl adjacent to an activating group) is 2. The zero-order chi connectivity index (χ0) is 41.6. The summed E-state index contributed by atoms with van der Waals surface area (Å²) in [5.74, 6) is 6.05. The van der Waals surface area contributed by atoms with Crippen molar-refractivity contribution < 1.29 is 37.9 Å². The van der Waals surface area contributed by atoms with E-state index in [1.54, 1.807) is 61.9 Å². The van der Waals surface area contributed by atoms with Crippen molar-refractivity contribution in [3.8, 4) is 62.9 Å². The quantitative estimate of drug-likeness (QED) is 0.144. The van der Waals surface area contributed by atoms with Crippen LogP contribution in [0.3, 0.4) is 0 Å². The van der Waals surface area contributed by atoms with Gasteiger partial charge in [-0.15, -0.1) is 10.2 Å². The maximum absolute atomic E-state index is 6.92. The Hall–Kier alpha value is -5.77. The average molecular weight is 839 g/mol.